The Kier molecular flexibility index (Phi) is 8.83. The number of aromatic nitrogens is 1. The number of urea groups is 1. The van der Waals surface area contributed by atoms with Crippen molar-refractivity contribution in [3.05, 3.63) is 24.5 Å². The lowest BCUT2D eigenvalue weighted by Crippen LogP contribution is -2.54. The molecule has 2 saturated heterocycles. The van der Waals surface area contributed by atoms with E-state index >= 15 is 0 Å². The smallest absolute Gasteiger partial charge is 0.320 e. The predicted molar refractivity (Wildman–Crippen MR) is 111 cm³/mol. The van der Waals surface area contributed by atoms with Crippen LogP contribution in [0.3, 0.4) is 0 Å². The quantitative estimate of drug-likeness (QED) is 0.698. The van der Waals surface area contributed by atoms with Gasteiger partial charge in [-0.15, -0.1) is 12.4 Å². The summed E-state index contributed by atoms with van der Waals surface area (Å²) >= 11 is 0. The number of halogens is 1. The Morgan fingerprint density at radius 2 is 1.64 bits per heavy atom. The van der Waals surface area contributed by atoms with Gasteiger partial charge in [0.1, 0.15) is 0 Å². The lowest BCUT2D eigenvalue weighted by atomic mass is 9.91. The normalized spacial score (nSPS) is 17.8. The van der Waals surface area contributed by atoms with E-state index in [-0.39, 0.29) is 24.4 Å². The number of anilines is 1. The molecular formula is C20H31ClN4O3. The molecule has 0 aliphatic carbocycles. The number of amides is 2. The Morgan fingerprint density at radius 1 is 1.04 bits per heavy atom. The summed E-state index contributed by atoms with van der Waals surface area (Å²) in [7, 11) is 1.43. The summed E-state index contributed by atoms with van der Waals surface area (Å²) in [6.45, 7) is 4.90. The summed E-state index contributed by atoms with van der Waals surface area (Å²) in [6.07, 6.45) is 8.10. The van der Waals surface area contributed by atoms with Gasteiger partial charge in [-0.25, -0.2) is 4.79 Å². The predicted octanol–water partition coefficient (Wildman–Crippen LogP) is 2.80. The number of hydrogen-bond donors (Lipinski definition) is 0. The number of rotatable bonds is 5. The van der Waals surface area contributed by atoms with Gasteiger partial charge in [-0.3, -0.25) is 9.78 Å². The third kappa shape index (κ3) is 5.99. The van der Waals surface area contributed by atoms with Crippen molar-refractivity contribution in [2.45, 2.75) is 32.1 Å². The number of carbonyl (C=O) groups excluding carboxylic acids is 2. The van der Waals surface area contributed by atoms with Crippen molar-refractivity contribution in [1.29, 1.82) is 0 Å². The van der Waals surface area contributed by atoms with E-state index in [1.807, 2.05) is 34.3 Å². The minimum atomic E-state index is -0.131. The van der Waals surface area contributed by atoms with E-state index in [1.165, 1.54) is 12.8 Å². The molecule has 3 heterocycles. The van der Waals surface area contributed by atoms with E-state index in [4.69, 9.17) is 0 Å². The van der Waals surface area contributed by atoms with E-state index < -0.39 is 0 Å². The standard InChI is InChI=1S/C20H30N4O3.ClH/c1-27-19(25)4-2-3-17-7-11-23(12-8-17)20(26)24-15-13-22(14-16-24)18-5-9-21-10-6-18;/h5-6,9-10,17H,2-4,7-8,11-16H2,1H3;1H. The highest BCUT2D eigenvalue weighted by Gasteiger charge is 2.28. The van der Waals surface area contributed by atoms with Gasteiger partial charge >= 0.3 is 12.0 Å². The molecule has 2 aliphatic rings. The molecule has 0 unspecified atom stereocenters. The molecule has 1 aromatic heterocycles. The Bertz CT molecular complexity index is 615. The first-order chi connectivity index (χ1) is 13.2. The Labute approximate surface area is 173 Å². The van der Waals surface area contributed by atoms with Crippen molar-refractivity contribution in [3.8, 4) is 0 Å². The Hall–Kier alpha value is -2.02. The van der Waals surface area contributed by atoms with Gasteiger partial charge in [0.2, 0.25) is 0 Å². The maximum atomic E-state index is 12.8. The number of piperazine rings is 1. The number of esters is 1. The summed E-state index contributed by atoms with van der Waals surface area (Å²) in [5, 5.41) is 0. The van der Waals surface area contributed by atoms with Gasteiger partial charge in [-0.2, -0.15) is 0 Å². The van der Waals surface area contributed by atoms with Crippen molar-refractivity contribution in [3.63, 3.8) is 0 Å². The molecule has 0 atom stereocenters. The van der Waals surface area contributed by atoms with Crippen LogP contribution in [-0.4, -0.2) is 73.2 Å². The topological polar surface area (TPSA) is 66.0 Å². The van der Waals surface area contributed by atoms with Crippen LogP contribution in [0.25, 0.3) is 0 Å². The van der Waals surface area contributed by atoms with Gasteiger partial charge in [0.15, 0.2) is 0 Å². The van der Waals surface area contributed by atoms with Crippen LogP contribution in [0.1, 0.15) is 32.1 Å². The van der Waals surface area contributed by atoms with Crippen LogP contribution in [0.2, 0.25) is 0 Å². The average molecular weight is 411 g/mol. The van der Waals surface area contributed by atoms with Crippen LogP contribution in [0.5, 0.6) is 0 Å². The SMILES string of the molecule is COC(=O)CCCC1CCN(C(=O)N2CCN(c3ccncc3)CC2)CC1.Cl. The second-order valence-corrected chi connectivity index (χ2v) is 7.36. The zero-order valence-corrected chi connectivity index (χ0v) is 17.4. The molecule has 1 aromatic rings. The fourth-order valence-corrected chi connectivity index (χ4v) is 3.96. The van der Waals surface area contributed by atoms with Gasteiger partial charge in [-0.1, -0.05) is 0 Å². The molecule has 2 amide bonds. The molecule has 7 nitrogen and oxygen atoms in total. The number of likely N-dealkylation sites (tertiary alicyclic amines) is 1. The van der Waals surface area contributed by atoms with Crippen molar-refractivity contribution in [1.82, 2.24) is 14.8 Å². The summed E-state index contributed by atoms with van der Waals surface area (Å²) in [5.74, 6) is 0.482. The van der Waals surface area contributed by atoms with Crippen LogP contribution in [-0.2, 0) is 9.53 Å². The summed E-state index contributed by atoms with van der Waals surface area (Å²) in [6, 6.07) is 4.21. The minimum absolute atomic E-state index is 0. The van der Waals surface area contributed by atoms with Gasteiger partial charge in [-0.05, 0) is 43.7 Å². The van der Waals surface area contributed by atoms with Gasteiger partial charge in [0.25, 0.3) is 0 Å². The highest BCUT2D eigenvalue weighted by Crippen LogP contribution is 2.24. The maximum absolute atomic E-state index is 12.8. The lowest BCUT2D eigenvalue weighted by molar-refractivity contribution is -0.140. The first-order valence-corrected chi connectivity index (χ1v) is 9.93. The molecule has 28 heavy (non-hydrogen) atoms. The Balaban J connectivity index is 0.00000280. The molecule has 0 spiro atoms. The minimum Gasteiger partial charge on any atom is -0.469 e. The second-order valence-electron chi connectivity index (χ2n) is 7.36. The van der Waals surface area contributed by atoms with E-state index in [2.05, 4.69) is 14.6 Å². The molecule has 0 aromatic carbocycles. The maximum Gasteiger partial charge on any atom is 0.320 e. The lowest BCUT2D eigenvalue weighted by Gasteiger charge is -2.40. The fourth-order valence-electron chi connectivity index (χ4n) is 3.96. The van der Waals surface area contributed by atoms with Crippen LogP contribution >= 0.6 is 12.4 Å². The molecule has 3 rings (SSSR count). The van der Waals surface area contributed by atoms with Crippen molar-refractivity contribution in [2.24, 2.45) is 5.92 Å². The van der Waals surface area contributed by atoms with Crippen molar-refractivity contribution < 1.29 is 14.3 Å². The molecule has 0 radical (unpaired) electrons. The van der Waals surface area contributed by atoms with Gasteiger partial charge in [0, 0.05) is 63.8 Å². The fraction of sp³-hybridized carbons (Fsp3) is 0.650. The number of ether oxygens (including phenoxy) is 1. The van der Waals surface area contributed by atoms with Gasteiger partial charge in [0.05, 0.1) is 7.11 Å². The third-order valence-corrected chi connectivity index (χ3v) is 5.68. The van der Waals surface area contributed by atoms with E-state index in [0.717, 1.165) is 65.0 Å². The van der Waals surface area contributed by atoms with Crippen LogP contribution in [0.4, 0.5) is 10.5 Å². The van der Waals surface area contributed by atoms with Crippen molar-refractivity contribution in [2.75, 3.05) is 51.3 Å². The number of piperidine rings is 1. The van der Waals surface area contributed by atoms with Crippen molar-refractivity contribution >= 4 is 30.1 Å². The summed E-state index contributed by atoms with van der Waals surface area (Å²) < 4.78 is 4.69. The third-order valence-electron chi connectivity index (χ3n) is 5.68. The monoisotopic (exact) mass is 410 g/mol. The summed E-state index contributed by atoms with van der Waals surface area (Å²) in [4.78, 5) is 34.4. The molecular weight excluding hydrogens is 380 g/mol. The van der Waals surface area contributed by atoms with E-state index in [1.54, 1.807) is 0 Å². The molecule has 0 saturated carbocycles. The highest BCUT2D eigenvalue weighted by molar-refractivity contribution is 5.85. The average Bonchev–Trinajstić information content (AvgIpc) is 2.74. The van der Waals surface area contributed by atoms with Crippen LogP contribution < -0.4 is 4.90 Å². The Morgan fingerprint density at radius 3 is 2.25 bits per heavy atom. The van der Waals surface area contributed by atoms with E-state index in [9.17, 15) is 9.59 Å². The molecule has 8 heteroatoms. The number of nitrogens with zero attached hydrogens (tertiary/aromatic N) is 4. The second kappa shape index (κ2) is 11.1. The zero-order valence-electron chi connectivity index (χ0n) is 16.6. The number of methoxy groups -OCH3 is 1. The largest absolute Gasteiger partial charge is 0.469 e. The molecule has 2 aliphatic heterocycles. The van der Waals surface area contributed by atoms with Gasteiger partial charge < -0.3 is 19.4 Å². The number of hydrogen-bond acceptors (Lipinski definition) is 5. The summed E-state index contributed by atoms with van der Waals surface area (Å²) in [5.41, 5.74) is 1.17. The van der Waals surface area contributed by atoms with Crippen LogP contribution in [0, 0.1) is 5.92 Å². The number of carbonyl (C=O) groups is 2. The molecule has 0 N–H and O–H groups in total. The van der Waals surface area contributed by atoms with Crippen LogP contribution in [0.15, 0.2) is 24.5 Å². The highest BCUT2D eigenvalue weighted by atomic mass is 35.5. The first kappa shape index (κ1) is 22.3. The molecule has 156 valence electrons. The molecule has 2 fully saturated rings. The van der Waals surface area contributed by atoms with E-state index in [0.29, 0.717) is 12.3 Å². The molecule has 0 bridgehead atoms. The first-order valence-electron chi connectivity index (χ1n) is 9.93. The zero-order chi connectivity index (χ0) is 19.1. The number of pyridine rings is 1.